The maximum atomic E-state index is 5.30. The van der Waals surface area contributed by atoms with Crippen molar-refractivity contribution in [3.05, 3.63) is 18.7 Å². The van der Waals surface area contributed by atoms with Crippen LogP contribution in [0.25, 0.3) is 0 Å². The van der Waals surface area contributed by atoms with Crippen LogP contribution in [0.1, 0.15) is 6.42 Å². The van der Waals surface area contributed by atoms with Gasteiger partial charge in [0.25, 0.3) is 0 Å². The quantitative estimate of drug-likeness (QED) is 0.568. The molecule has 0 saturated carbocycles. The van der Waals surface area contributed by atoms with E-state index in [1.807, 2.05) is 10.9 Å². The third-order valence-corrected chi connectivity index (χ3v) is 1.18. The summed E-state index contributed by atoms with van der Waals surface area (Å²) in [4.78, 5) is 3.87. The second kappa shape index (κ2) is 3.90. The molecule has 1 aromatic heterocycles. The van der Waals surface area contributed by atoms with Crippen LogP contribution in [0.3, 0.4) is 0 Å². The van der Waals surface area contributed by atoms with Crippen molar-refractivity contribution in [3.63, 3.8) is 0 Å². The Morgan fingerprint density at radius 3 is 3.10 bits per heavy atom. The van der Waals surface area contributed by atoms with Crippen LogP contribution in [0, 0.1) is 0 Å². The second-order valence-corrected chi connectivity index (χ2v) is 2.02. The molecule has 0 bridgehead atoms. The zero-order chi connectivity index (χ0) is 7.23. The molecule has 1 heterocycles. The van der Waals surface area contributed by atoms with Gasteiger partial charge in [0.2, 0.25) is 0 Å². The minimum atomic E-state index is 0.724. The van der Waals surface area contributed by atoms with Crippen molar-refractivity contribution < 1.29 is 0 Å². The fourth-order valence-corrected chi connectivity index (χ4v) is 0.663. The molecule has 1 aromatic rings. The number of imidazole rings is 1. The van der Waals surface area contributed by atoms with Crippen LogP contribution in [-0.4, -0.2) is 22.7 Å². The molecule has 4 heteroatoms. The Morgan fingerprint density at radius 1 is 1.60 bits per heavy atom. The lowest BCUT2D eigenvalue weighted by Gasteiger charge is -2.03. The maximum absolute atomic E-state index is 5.30. The van der Waals surface area contributed by atoms with Crippen LogP contribution in [0.4, 0.5) is 0 Å². The average Bonchev–Trinajstić information content (AvgIpc) is 2.41. The molecule has 0 atom stereocenters. The van der Waals surface area contributed by atoms with Crippen LogP contribution in [0.15, 0.2) is 18.7 Å². The molecule has 0 spiro atoms. The first-order valence-electron chi connectivity index (χ1n) is 3.35. The monoisotopic (exact) mass is 140 g/mol. The fourth-order valence-electron chi connectivity index (χ4n) is 0.663. The van der Waals surface area contributed by atoms with Crippen LogP contribution in [0.2, 0.25) is 0 Å². The maximum Gasteiger partial charge on any atom is 0.114 e. The number of nitrogens with two attached hydrogens (primary N) is 1. The Hall–Kier alpha value is -1.03. The lowest BCUT2D eigenvalue weighted by molar-refractivity contribution is 0.773. The van der Waals surface area contributed by atoms with Gasteiger partial charge in [-0.1, -0.05) is 0 Å². The van der Waals surface area contributed by atoms with E-state index in [-0.39, 0.29) is 0 Å². The second-order valence-electron chi connectivity index (χ2n) is 2.02. The number of nitrogens with zero attached hydrogens (tertiary/aromatic N) is 2. The van der Waals surface area contributed by atoms with E-state index in [4.69, 9.17) is 5.73 Å². The fraction of sp³-hybridized carbons (Fsp3) is 0.500. The Kier molecular flexibility index (Phi) is 2.76. The van der Waals surface area contributed by atoms with Gasteiger partial charge >= 0.3 is 0 Å². The first kappa shape index (κ1) is 7.08. The number of hydrogen-bond donors (Lipinski definition) is 2. The van der Waals surface area contributed by atoms with Crippen LogP contribution < -0.4 is 11.2 Å². The lowest BCUT2D eigenvalue weighted by Crippen LogP contribution is -2.16. The summed E-state index contributed by atoms with van der Waals surface area (Å²) in [5.74, 6) is 0. The van der Waals surface area contributed by atoms with Gasteiger partial charge in [0, 0.05) is 18.9 Å². The molecule has 0 amide bonds. The number of aromatic nitrogens is 2. The highest BCUT2D eigenvalue weighted by atomic mass is 15.4. The minimum Gasteiger partial charge on any atom is -0.330 e. The number of rotatable bonds is 4. The van der Waals surface area contributed by atoms with Gasteiger partial charge in [-0.05, 0) is 13.0 Å². The molecule has 0 aliphatic heterocycles. The van der Waals surface area contributed by atoms with E-state index in [1.54, 1.807) is 12.5 Å². The highest BCUT2D eigenvalue weighted by Crippen LogP contribution is 1.79. The summed E-state index contributed by atoms with van der Waals surface area (Å²) in [6.45, 7) is 1.62. The summed E-state index contributed by atoms with van der Waals surface area (Å²) in [5, 5.41) is 0. The lowest BCUT2D eigenvalue weighted by atomic mass is 10.4. The van der Waals surface area contributed by atoms with Gasteiger partial charge in [-0.15, -0.1) is 0 Å². The first-order valence-corrected chi connectivity index (χ1v) is 3.35. The van der Waals surface area contributed by atoms with Gasteiger partial charge in [-0.25, -0.2) is 4.98 Å². The van der Waals surface area contributed by atoms with Gasteiger partial charge in [-0.2, -0.15) is 0 Å². The van der Waals surface area contributed by atoms with Crippen molar-refractivity contribution in [2.24, 2.45) is 5.73 Å². The molecule has 0 unspecified atom stereocenters. The van der Waals surface area contributed by atoms with Crippen LogP contribution in [0.5, 0.6) is 0 Å². The molecule has 1 rings (SSSR count). The van der Waals surface area contributed by atoms with E-state index >= 15 is 0 Å². The zero-order valence-corrected chi connectivity index (χ0v) is 5.83. The molecule has 0 saturated heterocycles. The average molecular weight is 140 g/mol. The van der Waals surface area contributed by atoms with Gasteiger partial charge in [0.15, 0.2) is 0 Å². The third kappa shape index (κ3) is 2.06. The minimum absolute atomic E-state index is 0.724. The summed E-state index contributed by atoms with van der Waals surface area (Å²) in [7, 11) is 0. The SMILES string of the molecule is NCCCNn1ccnc1. The summed E-state index contributed by atoms with van der Waals surface area (Å²) >= 11 is 0. The molecular formula is C6H12N4. The van der Waals surface area contributed by atoms with E-state index in [2.05, 4.69) is 10.4 Å². The molecular weight excluding hydrogens is 128 g/mol. The summed E-state index contributed by atoms with van der Waals surface area (Å²) in [5.41, 5.74) is 8.40. The highest BCUT2D eigenvalue weighted by molar-refractivity contribution is 4.79. The van der Waals surface area contributed by atoms with Crippen LogP contribution >= 0.6 is 0 Å². The highest BCUT2D eigenvalue weighted by Gasteiger charge is 1.84. The zero-order valence-electron chi connectivity index (χ0n) is 5.83. The van der Waals surface area contributed by atoms with E-state index in [0.29, 0.717) is 0 Å². The normalized spacial score (nSPS) is 9.70. The van der Waals surface area contributed by atoms with Gasteiger partial charge in [-0.3, -0.25) is 4.68 Å². The Balaban J connectivity index is 2.15. The molecule has 0 aliphatic carbocycles. The molecule has 3 N–H and O–H groups in total. The van der Waals surface area contributed by atoms with Gasteiger partial charge in [0.1, 0.15) is 6.33 Å². The van der Waals surface area contributed by atoms with Gasteiger partial charge in [0.05, 0.1) is 0 Å². The molecule has 0 radical (unpaired) electrons. The molecule has 4 nitrogen and oxygen atoms in total. The standard InChI is InChI=1S/C6H12N4/c7-2-1-3-9-10-5-4-8-6-10/h4-6,9H,1-3,7H2. The van der Waals surface area contributed by atoms with E-state index in [0.717, 1.165) is 19.5 Å². The third-order valence-electron chi connectivity index (χ3n) is 1.18. The Labute approximate surface area is 60.0 Å². The predicted octanol–water partition coefficient (Wildman–Crippen LogP) is -0.225. The van der Waals surface area contributed by atoms with Crippen molar-refractivity contribution in [1.82, 2.24) is 9.66 Å². The Bertz CT molecular complexity index is 158. The van der Waals surface area contributed by atoms with Crippen molar-refractivity contribution in [2.45, 2.75) is 6.42 Å². The molecule has 0 aromatic carbocycles. The van der Waals surface area contributed by atoms with Crippen molar-refractivity contribution in [2.75, 3.05) is 18.5 Å². The van der Waals surface area contributed by atoms with E-state index in [1.165, 1.54) is 0 Å². The molecule has 0 aliphatic rings. The van der Waals surface area contributed by atoms with Crippen molar-refractivity contribution >= 4 is 0 Å². The van der Waals surface area contributed by atoms with Gasteiger partial charge < -0.3 is 11.2 Å². The van der Waals surface area contributed by atoms with E-state index in [9.17, 15) is 0 Å². The molecule has 0 fully saturated rings. The smallest absolute Gasteiger partial charge is 0.114 e. The molecule has 10 heavy (non-hydrogen) atoms. The molecule has 56 valence electrons. The number of hydrogen-bond acceptors (Lipinski definition) is 3. The largest absolute Gasteiger partial charge is 0.330 e. The Morgan fingerprint density at radius 2 is 2.50 bits per heavy atom. The predicted molar refractivity (Wildman–Crippen MR) is 40.1 cm³/mol. The summed E-state index contributed by atoms with van der Waals surface area (Å²) < 4.78 is 1.82. The summed E-state index contributed by atoms with van der Waals surface area (Å²) in [6, 6.07) is 0. The summed E-state index contributed by atoms with van der Waals surface area (Å²) in [6.07, 6.45) is 6.29. The van der Waals surface area contributed by atoms with E-state index < -0.39 is 0 Å². The first-order chi connectivity index (χ1) is 4.93. The van der Waals surface area contributed by atoms with Crippen molar-refractivity contribution in [3.8, 4) is 0 Å². The topological polar surface area (TPSA) is 55.9 Å². The van der Waals surface area contributed by atoms with Crippen LogP contribution in [-0.2, 0) is 0 Å². The number of nitrogens with one attached hydrogen (secondary N) is 1. The van der Waals surface area contributed by atoms with Crippen molar-refractivity contribution in [1.29, 1.82) is 0 Å².